The van der Waals surface area contributed by atoms with Crippen LogP contribution in [0.4, 0.5) is 0 Å². The summed E-state index contributed by atoms with van der Waals surface area (Å²) in [5, 5.41) is 12.7. The number of ether oxygens (including phenoxy) is 1. The number of piperazine rings is 1. The average molecular weight is 570 g/mol. The van der Waals surface area contributed by atoms with Gasteiger partial charge in [0.1, 0.15) is 0 Å². The van der Waals surface area contributed by atoms with Crippen molar-refractivity contribution in [3.63, 3.8) is 0 Å². The number of aliphatic hydroxyl groups is 1. The molecule has 3 heterocycles. The van der Waals surface area contributed by atoms with Crippen LogP contribution in [0.15, 0.2) is 60.8 Å². The number of carbonyl (C=O) groups is 1. The summed E-state index contributed by atoms with van der Waals surface area (Å²) in [6.07, 6.45) is 1.57. The number of aromatic nitrogens is 1. The van der Waals surface area contributed by atoms with Crippen LogP contribution in [-0.2, 0) is 22.6 Å². The molecule has 0 aliphatic carbocycles. The standard InChI is InChI=1S/C30H34Cl2N4O3/c1-20-17-35(14-13-34(20)3)19-29(2,38)22-7-12-27-26(15-22)28(37)36(18-25-11-10-24(32)16-33-25)30(27,39-4)21-5-8-23(31)9-6-21/h5-12,15-16,20,38H,13-14,17-19H2,1-4H3/t20-,29?,30+/m0/s1. The first-order valence-electron chi connectivity index (χ1n) is 13.1. The summed E-state index contributed by atoms with van der Waals surface area (Å²) in [5.41, 5.74) is 0.980. The monoisotopic (exact) mass is 568 g/mol. The third-order valence-corrected chi connectivity index (χ3v) is 8.55. The lowest BCUT2D eigenvalue weighted by Gasteiger charge is -2.41. The molecular formula is C30H34Cl2N4O3. The summed E-state index contributed by atoms with van der Waals surface area (Å²) < 4.78 is 6.23. The lowest BCUT2D eigenvalue weighted by molar-refractivity contribution is -0.0868. The Morgan fingerprint density at radius 1 is 1.10 bits per heavy atom. The highest BCUT2D eigenvalue weighted by Crippen LogP contribution is 2.46. The maximum absolute atomic E-state index is 14.1. The van der Waals surface area contributed by atoms with Crippen molar-refractivity contribution in [3.05, 3.63) is 98.8 Å². The number of methoxy groups -OCH3 is 1. The van der Waals surface area contributed by atoms with Gasteiger partial charge >= 0.3 is 0 Å². The third-order valence-electron chi connectivity index (χ3n) is 8.08. The molecule has 0 spiro atoms. The Labute approximate surface area is 239 Å². The maximum atomic E-state index is 14.1. The van der Waals surface area contributed by atoms with Crippen molar-refractivity contribution in [1.82, 2.24) is 19.7 Å². The van der Waals surface area contributed by atoms with Gasteiger partial charge in [0.2, 0.25) is 0 Å². The highest BCUT2D eigenvalue weighted by Gasteiger charge is 2.52. The fraction of sp³-hybridized carbons (Fsp3) is 0.400. The molecule has 0 bridgehead atoms. The van der Waals surface area contributed by atoms with Crippen LogP contribution < -0.4 is 0 Å². The van der Waals surface area contributed by atoms with E-state index in [1.807, 2.05) is 37.3 Å². The average Bonchev–Trinajstić information content (AvgIpc) is 3.15. The molecule has 1 aromatic heterocycles. The van der Waals surface area contributed by atoms with Gasteiger partial charge in [-0.25, -0.2) is 0 Å². The molecule has 206 valence electrons. The number of likely N-dealkylation sites (N-methyl/N-ethyl adjacent to an activating group) is 1. The lowest BCUT2D eigenvalue weighted by Crippen LogP contribution is -2.53. The van der Waals surface area contributed by atoms with Crippen LogP contribution in [0, 0.1) is 0 Å². The van der Waals surface area contributed by atoms with Gasteiger partial charge < -0.3 is 14.7 Å². The van der Waals surface area contributed by atoms with Crippen LogP contribution in [0.5, 0.6) is 0 Å². The number of nitrogens with zero attached hydrogens (tertiary/aromatic N) is 4. The Hall–Kier alpha value is -2.52. The predicted molar refractivity (Wildman–Crippen MR) is 153 cm³/mol. The van der Waals surface area contributed by atoms with Gasteiger partial charge in [0.05, 0.1) is 22.9 Å². The smallest absolute Gasteiger partial charge is 0.257 e. The van der Waals surface area contributed by atoms with Gasteiger partial charge in [0, 0.05) is 67.2 Å². The van der Waals surface area contributed by atoms with Gasteiger partial charge in [-0.1, -0.05) is 47.5 Å². The van der Waals surface area contributed by atoms with Crippen LogP contribution in [0.2, 0.25) is 10.0 Å². The van der Waals surface area contributed by atoms with Crippen molar-refractivity contribution in [2.24, 2.45) is 0 Å². The first kappa shape index (κ1) is 28.0. The number of β-amino-alcohol motifs (C(OH)–C–C–N with tert-alkyl or cyclic N) is 1. The second-order valence-electron chi connectivity index (χ2n) is 10.8. The maximum Gasteiger partial charge on any atom is 0.257 e. The lowest BCUT2D eigenvalue weighted by atomic mass is 9.88. The van der Waals surface area contributed by atoms with Gasteiger partial charge in [-0.15, -0.1) is 0 Å². The van der Waals surface area contributed by atoms with Crippen molar-refractivity contribution in [2.75, 3.05) is 40.3 Å². The molecule has 2 aliphatic heterocycles. The molecule has 5 rings (SSSR count). The largest absolute Gasteiger partial charge is 0.384 e. The van der Waals surface area contributed by atoms with E-state index in [0.717, 1.165) is 25.2 Å². The predicted octanol–water partition coefficient (Wildman–Crippen LogP) is 4.74. The van der Waals surface area contributed by atoms with Crippen molar-refractivity contribution in [1.29, 1.82) is 0 Å². The molecule has 0 radical (unpaired) electrons. The molecule has 3 aromatic rings. The van der Waals surface area contributed by atoms with E-state index in [1.54, 1.807) is 42.5 Å². The number of halogens is 2. The molecule has 0 saturated carbocycles. The zero-order valence-electron chi connectivity index (χ0n) is 22.7. The zero-order chi connectivity index (χ0) is 27.9. The molecule has 1 amide bonds. The second kappa shape index (κ2) is 10.8. The minimum absolute atomic E-state index is 0.200. The van der Waals surface area contributed by atoms with Crippen molar-refractivity contribution >= 4 is 29.1 Å². The van der Waals surface area contributed by atoms with Crippen molar-refractivity contribution in [3.8, 4) is 0 Å². The Balaban J connectivity index is 1.55. The van der Waals surface area contributed by atoms with Crippen LogP contribution in [0.3, 0.4) is 0 Å². The van der Waals surface area contributed by atoms with E-state index in [2.05, 4.69) is 28.8 Å². The molecule has 1 unspecified atom stereocenters. The molecule has 7 nitrogen and oxygen atoms in total. The quantitative estimate of drug-likeness (QED) is 0.444. The number of amides is 1. The van der Waals surface area contributed by atoms with Crippen LogP contribution >= 0.6 is 23.2 Å². The number of hydrogen-bond donors (Lipinski definition) is 1. The Bertz CT molecular complexity index is 1350. The molecule has 2 aromatic carbocycles. The topological polar surface area (TPSA) is 69.1 Å². The molecule has 1 fully saturated rings. The summed E-state index contributed by atoms with van der Waals surface area (Å²) in [6, 6.07) is 16.9. The number of fused-ring (bicyclic) bond motifs is 1. The fourth-order valence-corrected chi connectivity index (χ4v) is 5.99. The number of rotatable bonds is 7. The zero-order valence-corrected chi connectivity index (χ0v) is 24.2. The minimum atomic E-state index is -1.20. The number of carbonyl (C=O) groups excluding carboxylic acids is 1. The second-order valence-corrected chi connectivity index (χ2v) is 11.7. The minimum Gasteiger partial charge on any atom is -0.384 e. The van der Waals surface area contributed by atoms with E-state index in [-0.39, 0.29) is 12.5 Å². The molecule has 39 heavy (non-hydrogen) atoms. The van der Waals surface area contributed by atoms with Crippen LogP contribution in [-0.4, -0.2) is 77.1 Å². The van der Waals surface area contributed by atoms with E-state index >= 15 is 0 Å². The molecule has 1 saturated heterocycles. The Morgan fingerprint density at radius 3 is 2.46 bits per heavy atom. The van der Waals surface area contributed by atoms with Gasteiger partial charge in [0.25, 0.3) is 5.91 Å². The van der Waals surface area contributed by atoms with Gasteiger partial charge in [0.15, 0.2) is 5.72 Å². The van der Waals surface area contributed by atoms with Gasteiger partial charge in [-0.2, -0.15) is 0 Å². The number of hydrogen-bond acceptors (Lipinski definition) is 6. The first-order valence-corrected chi connectivity index (χ1v) is 13.8. The highest BCUT2D eigenvalue weighted by molar-refractivity contribution is 6.30. The molecule has 1 N–H and O–H groups in total. The van der Waals surface area contributed by atoms with Crippen molar-refractivity contribution in [2.45, 2.75) is 37.8 Å². The van der Waals surface area contributed by atoms with E-state index in [4.69, 9.17) is 27.9 Å². The fourth-order valence-electron chi connectivity index (χ4n) is 5.75. The SMILES string of the molecule is CO[C@]1(c2ccc(Cl)cc2)c2ccc(C(C)(O)CN3CCN(C)[C@@H](C)C3)cc2C(=O)N1Cc1ccc(Cl)cn1. The van der Waals surface area contributed by atoms with Crippen LogP contribution in [0.25, 0.3) is 0 Å². The number of benzene rings is 2. The highest BCUT2D eigenvalue weighted by atomic mass is 35.5. The first-order chi connectivity index (χ1) is 18.5. The Morgan fingerprint density at radius 2 is 1.82 bits per heavy atom. The Kier molecular flexibility index (Phi) is 7.76. The van der Waals surface area contributed by atoms with Crippen LogP contribution in [0.1, 0.15) is 46.6 Å². The number of pyridine rings is 1. The van der Waals surface area contributed by atoms with Gasteiger partial charge in [-0.3, -0.25) is 19.6 Å². The van der Waals surface area contributed by atoms with E-state index < -0.39 is 11.3 Å². The van der Waals surface area contributed by atoms with E-state index in [9.17, 15) is 9.90 Å². The molecular weight excluding hydrogens is 535 g/mol. The summed E-state index contributed by atoms with van der Waals surface area (Å²) in [6.45, 7) is 7.39. The third kappa shape index (κ3) is 5.20. The normalized spacial score (nSPS) is 23.6. The summed E-state index contributed by atoms with van der Waals surface area (Å²) >= 11 is 12.3. The van der Waals surface area contributed by atoms with Gasteiger partial charge in [-0.05, 0) is 56.8 Å². The van der Waals surface area contributed by atoms with E-state index in [1.165, 1.54) is 0 Å². The molecule has 3 atom stereocenters. The van der Waals surface area contributed by atoms with Crippen molar-refractivity contribution < 1.29 is 14.6 Å². The summed E-state index contributed by atoms with van der Waals surface area (Å²) in [4.78, 5) is 24.8. The summed E-state index contributed by atoms with van der Waals surface area (Å²) in [7, 11) is 3.72. The van der Waals surface area contributed by atoms with E-state index in [0.29, 0.717) is 45.0 Å². The summed E-state index contributed by atoms with van der Waals surface area (Å²) in [5.74, 6) is -0.204. The molecule has 9 heteroatoms. The molecule has 2 aliphatic rings.